The van der Waals surface area contributed by atoms with E-state index in [1.165, 1.54) is 12.8 Å². The molecule has 54 valence electrons. The maximum atomic E-state index is 2.30. The largest absolute Gasteiger partial charge is 0.291 e. The number of rotatable bonds is 2. The van der Waals surface area contributed by atoms with E-state index in [0.717, 1.165) is 0 Å². The molecule has 2 nitrogen and oxygen atoms in total. The molecule has 0 saturated heterocycles. The van der Waals surface area contributed by atoms with Gasteiger partial charge in [0.2, 0.25) is 0 Å². The predicted molar refractivity (Wildman–Crippen MR) is 39.3 cm³/mol. The summed E-state index contributed by atoms with van der Waals surface area (Å²) in [6.07, 6.45) is 2.65. The Morgan fingerprint density at radius 3 is 1.22 bits per heavy atom. The lowest BCUT2D eigenvalue weighted by atomic mass is 10.4. The summed E-state index contributed by atoms with van der Waals surface area (Å²) in [7, 11) is 8.58. The SMILES string of the molecule is CN(C)C1(N(C)C)CC1. The fraction of sp³-hybridized carbons (Fsp3) is 1.00. The number of nitrogens with zero attached hydrogens (tertiary/aromatic N) is 2. The quantitative estimate of drug-likeness (QED) is 0.502. The van der Waals surface area contributed by atoms with Crippen LogP contribution in [0.3, 0.4) is 0 Å². The standard InChI is InChI=1S/C7H16N2/c1-8(2)7(5-6-7)9(3)4/h5-6H2,1-4H3. The van der Waals surface area contributed by atoms with Crippen LogP contribution in [0.5, 0.6) is 0 Å². The Kier molecular flexibility index (Phi) is 1.53. The van der Waals surface area contributed by atoms with Crippen LogP contribution in [0.2, 0.25) is 0 Å². The van der Waals surface area contributed by atoms with Crippen molar-refractivity contribution in [2.45, 2.75) is 18.5 Å². The number of hydrogen-bond donors (Lipinski definition) is 0. The molecular formula is C7H16N2. The van der Waals surface area contributed by atoms with Crippen molar-refractivity contribution in [2.24, 2.45) is 0 Å². The van der Waals surface area contributed by atoms with Crippen LogP contribution in [-0.2, 0) is 0 Å². The van der Waals surface area contributed by atoms with Crippen LogP contribution in [0.25, 0.3) is 0 Å². The van der Waals surface area contributed by atoms with Gasteiger partial charge in [-0.15, -0.1) is 0 Å². The molecular weight excluding hydrogens is 112 g/mol. The average Bonchev–Trinajstić information content (AvgIpc) is 2.40. The van der Waals surface area contributed by atoms with Gasteiger partial charge in [0.05, 0.1) is 5.66 Å². The van der Waals surface area contributed by atoms with Gasteiger partial charge in [-0.1, -0.05) is 0 Å². The van der Waals surface area contributed by atoms with E-state index in [1.807, 2.05) is 0 Å². The Labute approximate surface area is 57.4 Å². The van der Waals surface area contributed by atoms with Crippen molar-refractivity contribution in [1.29, 1.82) is 0 Å². The molecule has 0 aliphatic heterocycles. The minimum atomic E-state index is 0.417. The van der Waals surface area contributed by atoms with Crippen LogP contribution in [0.15, 0.2) is 0 Å². The lowest BCUT2D eigenvalue weighted by Gasteiger charge is -2.30. The van der Waals surface area contributed by atoms with E-state index < -0.39 is 0 Å². The lowest BCUT2D eigenvalue weighted by molar-refractivity contribution is 0.105. The van der Waals surface area contributed by atoms with Gasteiger partial charge in [0.25, 0.3) is 0 Å². The first-order chi connectivity index (χ1) is 4.09. The molecule has 1 aliphatic carbocycles. The van der Waals surface area contributed by atoms with Gasteiger partial charge in [-0.05, 0) is 41.0 Å². The highest BCUT2D eigenvalue weighted by atomic mass is 15.4. The van der Waals surface area contributed by atoms with Gasteiger partial charge < -0.3 is 0 Å². The number of hydrogen-bond acceptors (Lipinski definition) is 2. The Balaban J connectivity index is 2.52. The molecule has 0 spiro atoms. The summed E-state index contributed by atoms with van der Waals surface area (Å²) in [4.78, 5) is 4.60. The summed E-state index contributed by atoms with van der Waals surface area (Å²) in [5, 5.41) is 0. The summed E-state index contributed by atoms with van der Waals surface area (Å²) < 4.78 is 0. The van der Waals surface area contributed by atoms with E-state index in [-0.39, 0.29) is 0 Å². The molecule has 0 aromatic heterocycles. The van der Waals surface area contributed by atoms with E-state index in [9.17, 15) is 0 Å². The van der Waals surface area contributed by atoms with Crippen LogP contribution in [0.4, 0.5) is 0 Å². The molecule has 0 amide bonds. The van der Waals surface area contributed by atoms with Crippen molar-refractivity contribution in [3.8, 4) is 0 Å². The third-order valence-corrected chi connectivity index (χ3v) is 2.36. The zero-order valence-corrected chi connectivity index (χ0v) is 6.81. The van der Waals surface area contributed by atoms with Crippen molar-refractivity contribution < 1.29 is 0 Å². The minimum absolute atomic E-state index is 0.417. The highest BCUT2D eigenvalue weighted by Gasteiger charge is 2.46. The molecule has 0 aromatic rings. The van der Waals surface area contributed by atoms with Crippen LogP contribution in [-0.4, -0.2) is 43.7 Å². The summed E-state index contributed by atoms with van der Waals surface area (Å²) in [6.45, 7) is 0. The van der Waals surface area contributed by atoms with E-state index in [4.69, 9.17) is 0 Å². The fourth-order valence-electron chi connectivity index (χ4n) is 1.41. The topological polar surface area (TPSA) is 6.48 Å². The Hall–Kier alpha value is -0.0800. The molecule has 9 heavy (non-hydrogen) atoms. The van der Waals surface area contributed by atoms with Gasteiger partial charge in [-0.25, -0.2) is 0 Å². The van der Waals surface area contributed by atoms with Gasteiger partial charge >= 0.3 is 0 Å². The second kappa shape index (κ2) is 1.96. The van der Waals surface area contributed by atoms with E-state index in [2.05, 4.69) is 38.0 Å². The molecule has 1 aliphatic rings. The van der Waals surface area contributed by atoms with Crippen molar-refractivity contribution in [2.75, 3.05) is 28.2 Å². The summed E-state index contributed by atoms with van der Waals surface area (Å²) >= 11 is 0. The van der Waals surface area contributed by atoms with Gasteiger partial charge in [0.1, 0.15) is 0 Å². The van der Waals surface area contributed by atoms with E-state index in [0.29, 0.717) is 5.66 Å². The van der Waals surface area contributed by atoms with Gasteiger partial charge in [-0.2, -0.15) is 0 Å². The maximum absolute atomic E-state index is 2.30. The molecule has 1 fully saturated rings. The molecule has 0 bridgehead atoms. The van der Waals surface area contributed by atoms with Crippen LogP contribution < -0.4 is 0 Å². The molecule has 0 N–H and O–H groups in total. The molecule has 1 saturated carbocycles. The van der Waals surface area contributed by atoms with Crippen LogP contribution in [0, 0.1) is 0 Å². The van der Waals surface area contributed by atoms with E-state index >= 15 is 0 Å². The zero-order chi connectivity index (χ0) is 7.07. The average molecular weight is 128 g/mol. The highest BCUT2D eigenvalue weighted by molar-refractivity contribution is 4.98. The van der Waals surface area contributed by atoms with Crippen LogP contribution in [0.1, 0.15) is 12.8 Å². The molecule has 1 rings (SSSR count). The Morgan fingerprint density at radius 1 is 0.889 bits per heavy atom. The van der Waals surface area contributed by atoms with Gasteiger partial charge in [-0.3, -0.25) is 9.80 Å². The maximum Gasteiger partial charge on any atom is 0.0730 e. The van der Waals surface area contributed by atoms with E-state index in [1.54, 1.807) is 0 Å². The predicted octanol–water partition coefficient (Wildman–Crippen LogP) is 0.600. The third kappa shape index (κ3) is 0.970. The molecule has 0 heterocycles. The van der Waals surface area contributed by atoms with Crippen molar-refractivity contribution in [3.05, 3.63) is 0 Å². The fourth-order valence-corrected chi connectivity index (χ4v) is 1.41. The minimum Gasteiger partial charge on any atom is -0.291 e. The Bertz CT molecular complexity index is 93.5. The van der Waals surface area contributed by atoms with Gasteiger partial charge in [0.15, 0.2) is 0 Å². The molecule has 0 atom stereocenters. The monoisotopic (exact) mass is 128 g/mol. The second-order valence-corrected chi connectivity index (χ2v) is 3.27. The summed E-state index contributed by atoms with van der Waals surface area (Å²) in [5.41, 5.74) is 0.417. The molecule has 0 unspecified atom stereocenters. The van der Waals surface area contributed by atoms with Crippen LogP contribution >= 0.6 is 0 Å². The molecule has 2 heteroatoms. The van der Waals surface area contributed by atoms with Crippen molar-refractivity contribution in [1.82, 2.24) is 9.80 Å². The molecule has 0 aromatic carbocycles. The third-order valence-electron chi connectivity index (χ3n) is 2.36. The lowest BCUT2D eigenvalue weighted by Crippen LogP contribution is -2.42. The molecule has 0 radical (unpaired) electrons. The summed E-state index contributed by atoms with van der Waals surface area (Å²) in [6, 6.07) is 0. The summed E-state index contributed by atoms with van der Waals surface area (Å²) in [5.74, 6) is 0. The van der Waals surface area contributed by atoms with Crippen molar-refractivity contribution in [3.63, 3.8) is 0 Å². The second-order valence-electron chi connectivity index (χ2n) is 3.27. The zero-order valence-electron chi connectivity index (χ0n) is 6.81. The Morgan fingerprint density at radius 2 is 1.22 bits per heavy atom. The smallest absolute Gasteiger partial charge is 0.0730 e. The first-order valence-electron chi connectivity index (χ1n) is 3.44. The van der Waals surface area contributed by atoms with Gasteiger partial charge in [0, 0.05) is 0 Å². The van der Waals surface area contributed by atoms with Crippen molar-refractivity contribution >= 4 is 0 Å². The first-order valence-corrected chi connectivity index (χ1v) is 3.44. The first kappa shape index (κ1) is 7.03. The highest BCUT2D eigenvalue weighted by Crippen LogP contribution is 2.41. The normalized spacial score (nSPS) is 23.3.